The van der Waals surface area contributed by atoms with Crippen LogP contribution in [0.15, 0.2) is 82.1 Å². The highest BCUT2D eigenvalue weighted by atomic mass is 32.2. The van der Waals surface area contributed by atoms with Crippen LogP contribution in [0, 0.1) is 5.82 Å². The Hall–Kier alpha value is -3.61. The summed E-state index contributed by atoms with van der Waals surface area (Å²) in [5.41, 5.74) is 2.35. The first-order valence-corrected chi connectivity index (χ1v) is 15.7. The molecular formula is C32H36FN3O6S. The molecule has 1 saturated heterocycles. The Morgan fingerprint density at radius 2 is 1.77 bits per heavy atom. The van der Waals surface area contributed by atoms with Crippen LogP contribution in [0.25, 0.3) is 22.6 Å². The van der Waals surface area contributed by atoms with E-state index in [1.807, 2.05) is 43.4 Å². The Kier molecular flexibility index (Phi) is 9.58. The maximum absolute atomic E-state index is 14.6. The maximum Gasteiger partial charge on any atom is 0.238 e. The summed E-state index contributed by atoms with van der Waals surface area (Å²) in [6.07, 6.45) is 2.37. The second-order valence-corrected chi connectivity index (χ2v) is 12.1. The third kappa shape index (κ3) is 7.31. The lowest BCUT2D eigenvalue weighted by molar-refractivity contribution is -0.0950. The van der Waals surface area contributed by atoms with E-state index in [0.717, 1.165) is 11.1 Å². The summed E-state index contributed by atoms with van der Waals surface area (Å²) in [6.45, 7) is 1.45. The summed E-state index contributed by atoms with van der Waals surface area (Å²) in [4.78, 5) is 4.83. The number of nitrogens with two attached hydrogens (primary N) is 1. The Labute approximate surface area is 251 Å². The van der Waals surface area contributed by atoms with E-state index < -0.39 is 15.6 Å². The number of primary sulfonamides is 1. The lowest BCUT2D eigenvalue weighted by atomic mass is 9.86. The minimum atomic E-state index is -3.82. The molecule has 1 aliphatic rings. The van der Waals surface area contributed by atoms with Crippen LogP contribution in [-0.4, -0.2) is 53.4 Å². The average Bonchev–Trinajstić information content (AvgIpc) is 3.44. The van der Waals surface area contributed by atoms with Crippen LogP contribution in [0.5, 0.6) is 5.75 Å². The molecule has 0 bridgehead atoms. The molecule has 228 valence electrons. The molecule has 3 N–H and O–H groups in total. The average molecular weight is 610 g/mol. The molecule has 4 aromatic rings. The quantitative estimate of drug-likeness (QED) is 0.229. The summed E-state index contributed by atoms with van der Waals surface area (Å²) >= 11 is 0. The number of benzene rings is 3. The number of halogens is 1. The highest BCUT2D eigenvalue weighted by Gasteiger charge is 2.35. The van der Waals surface area contributed by atoms with Gasteiger partial charge in [0.2, 0.25) is 10.0 Å². The smallest absolute Gasteiger partial charge is 0.238 e. The number of hydrogen-bond donors (Lipinski definition) is 2. The topological polar surface area (TPSA) is 126 Å². The van der Waals surface area contributed by atoms with Crippen LogP contribution in [0.3, 0.4) is 0 Å². The van der Waals surface area contributed by atoms with Gasteiger partial charge in [-0.2, -0.15) is 0 Å². The molecular weight excluding hydrogens is 573 g/mol. The van der Waals surface area contributed by atoms with Gasteiger partial charge in [-0.05, 0) is 55.4 Å². The van der Waals surface area contributed by atoms with Crippen LogP contribution in [-0.2, 0) is 31.5 Å². The SMILES string of the molecule is CNC(CCOc1cc(F)cc(C2(OC)CCOCC2)c1)Cc1nc(-c2ccccc2)c(-c2ccc(S(N)(=O)=O)cc2)o1. The van der Waals surface area contributed by atoms with Crippen molar-refractivity contribution in [1.82, 2.24) is 10.3 Å². The molecule has 1 fully saturated rings. The van der Waals surface area contributed by atoms with E-state index in [2.05, 4.69) is 5.32 Å². The first kappa shape index (κ1) is 30.8. The highest BCUT2D eigenvalue weighted by Crippen LogP contribution is 2.38. The zero-order valence-corrected chi connectivity index (χ0v) is 25.0. The highest BCUT2D eigenvalue weighted by molar-refractivity contribution is 7.89. The summed E-state index contributed by atoms with van der Waals surface area (Å²) in [6, 6.07) is 20.5. The number of oxazole rings is 1. The fourth-order valence-corrected chi connectivity index (χ4v) is 5.85. The normalized spacial score (nSPS) is 15.7. The van der Waals surface area contributed by atoms with Crippen molar-refractivity contribution in [3.05, 3.63) is 90.1 Å². The molecule has 0 spiro atoms. The van der Waals surface area contributed by atoms with Gasteiger partial charge in [-0.25, -0.2) is 22.9 Å². The summed E-state index contributed by atoms with van der Waals surface area (Å²) in [5, 5.41) is 8.56. The second kappa shape index (κ2) is 13.4. The van der Waals surface area contributed by atoms with E-state index in [0.29, 0.717) is 74.2 Å². The van der Waals surface area contributed by atoms with Crippen LogP contribution in [0.1, 0.15) is 30.7 Å². The number of methoxy groups -OCH3 is 1. The van der Waals surface area contributed by atoms with Crippen LogP contribution in [0.2, 0.25) is 0 Å². The number of nitrogens with zero attached hydrogens (tertiary/aromatic N) is 1. The molecule has 5 rings (SSSR count). The molecule has 9 nitrogen and oxygen atoms in total. The van der Waals surface area contributed by atoms with Gasteiger partial charge < -0.3 is 23.9 Å². The predicted octanol–water partition coefficient (Wildman–Crippen LogP) is 5.05. The van der Waals surface area contributed by atoms with E-state index in [9.17, 15) is 12.8 Å². The standard InChI is InChI=1S/C32H36FN3O6S/c1-35-26(12-15-41-27-19-24(18-25(33)20-27)32(39-2)13-16-40-17-14-32)21-29-36-30(22-6-4-3-5-7-22)31(42-29)23-8-10-28(11-9-23)43(34,37)38/h3-11,18-20,26,35H,12-17,21H2,1-2H3,(H2,34,37,38). The first-order chi connectivity index (χ1) is 20.7. The van der Waals surface area contributed by atoms with Gasteiger partial charge in [-0.1, -0.05) is 30.3 Å². The number of sulfonamides is 1. The summed E-state index contributed by atoms with van der Waals surface area (Å²) in [5.74, 6) is 1.11. The molecule has 0 amide bonds. The van der Waals surface area contributed by atoms with Gasteiger partial charge in [0, 0.05) is 62.8 Å². The molecule has 1 unspecified atom stereocenters. The number of hydrogen-bond acceptors (Lipinski definition) is 8. The van der Waals surface area contributed by atoms with E-state index in [1.54, 1.807) is 19.2 Å². The van der Waals surface area contributed by atoms with E-state index in [-0.39, 0.29) is 16.8 Å². The van der Waals surface area contributed by atoms with Crippen LogP contribution >= 0.6 is 0 Å². The maximum atomic E-state index is 14.6. The monoisotopic (exact) mass is 609 g/mol. The number of rotatable bonds is 12. The molecule has 43 heavy (non-hydrogen) atoms. The minimum Gasteiger partial charge on any atom is -0.493 e. The Morgan fingerprint density at radius 3 is 2.42 bits per heavy atom. The van der Waals surface area contributed by atoms with Crippen LogP contribution in [0.4, 0.5) is 4.39 Å². The lowest BCUT2D eigenvalue weighted by Crippen LogP contribution is -2.35. The van der Waals surface area contributed by atoms with Crippen molar-refractivity contribution < 1.29 is 31.4 Å². The van der Waals surface area contributed by atoms with Gasteiger partial charge in [0.15, 0.2) is 11.7 Å². The fourth-order valence-electron chi connectivity index (χ4n) is 5.33. The van der Waals surface area contributed by atoms with E-state index >= 15 is 0 Å². The molecule has 3 aromatic carbocycles. The number of aromatic nitrogens is 1. The van der Waals surface area contributed by atoms with Crippen molar-refractivity contribution >= 4 is 10.0 Å². The largest absolute Gasteiger partial charge is 0.493 e. The summed E-state index contributed by atoms with van der Waals surface area (Å²) in [7, 11) is -0.323. The van der Waals surface area contributed by atoms with Gasteiger partial charge >= 0.3 is 0 Å². The second-order valence-electron chi connectivity index (χ2n) is 10.5. The van der Waals surface area contributed by atoms with E-state index in [4.69, 9.17) is 28.8 Å². The Bertz CT molecular complexity index is 1620. The van der Waals surface area contributed by atoms with Crippen molar-refractivity contribution in [3.8, 4) is 28.3 Å². The fraction of sp³-hybridized carbons (Fsp3) is 0.344. The lowest BCUT2D eigenvalue weighted by Gasteiger charge is -2.36. The predicted molar refractivity (Wildman–Crippen MR) is 161 cm³/mol. The minimum absolute atomic E-state index is 0.0167. The molecule has 1 atom stereocenters. The molecule has 1 aliphatic heterocycles. The van der Waals surface area contributed by atoms with Crippen molar-refractivity contribution in [1.29, 1.82) is 0 Å². The third-order valence-electron chi connectivity index (χ3n) is 7.82. The van der Waals surface area contributed by atoms with Crippen molar-refractivity contribution in [3.63, 3.8) is 0 Å². The van der Waals surface area contributed by atoms with Crippen molar-refractivity contribution in [2.24, 2.45) is 5.14 Å². The zero-order valence-electron chi connectivity index (χ0n) is 24.2. The molecule has 1 aromatic heterocycles. The van der Waals surface area contributed by atoms with Crippen molar-refractivity contribution in [2.45, 2.75) is 42.2 Å². The van der Waals surface area contributed by atoms with Gasteiger partial charge in [-0.3, -0.25) is 0 Å². The van der Waals surface area contributed by atoms with Crippen LogP contribution < -0.4 is 15.2 Å². The molecule has 11 heteroatoms. The molecule has 2 heterocycles. The van der Waals surface area contributed by atoms with E-state index in [1.165, 1.54) is 24.3 Å². The first-order valence-electron chi connectivity index (χ1n) is 14.1. The molecule has 0 aliphatic carbocycles. The summed E-state index contributed by atoms with van der Waals surface area (Å²) < 4.78 is 61.6. The van der Waals surface area contributed by atoms with Gasteiger partial charge in [0.1, 0.15) is 17.3 Å². The Morgan fingerprint density at radius 1 is 1.05 bits per heavy atom. The molecule has 0 radical (unpaired) electrons. The zero-order chi connectivity index (χ0) is 30.5. The third-order valence-corrected chi connectivity index (χ3v) is 8.75. The van der Waals surface area contributed by atoms with Crippen molar-refractivity contribution in [2.75, 3.05) is 34.0 Å². The van der Waals surface area contributed by atoms with Gasteiger partial charge in [0.05, 0.1) is 17.1 Å². The Balaban J connectivity index is 1.31. The number of nitrogens with one attached hydrogen (secondary N) is 1. The number of ether oxygens (including phenoxy) is 3. The van der Waals surface area contributed by atoms with Gasteiger partial charge in [-0.15, -0.1) is 0 Å². The molecule has 0 saturated carbocycles. The van der Waals surface area contributed by atoms with Gasteiger partial charge in [0.25, 0.3) is 0 Å². The number of likely N-dealkylation sites (N-methyl/N-ethyl adjacent to an activating group) is 1.